The van der Waals surface area contributed by atoms with Gasteiger partial charge in [-0.05, 0) is 71.9 Å². The lowest BCUT2D eigenvalue weighted by atomic mass is 10.0. The lowest BCUT2D eigenvalue weighted by Crippen LogP contribution is -2.27. The van der Waals surface area contributed by atoms with Gasteiger partial charge in [-0.1, -0.05) is 0 Å². The monoisotopic (exact) mass is 387 g/mol. The quantitative estimate of drug-likeness (QED) is 0.502. The highest BCUT2D eigenvalue weighted by Crippen LogP contribution is 2.25. The lowest BCUT2D eigenvalue weighted by Gasteiger charge is -2.21. The van der Waals surface area contributed by atoms with Gasteiger partial charge < -0.3 is 19.5 Å². The molecule has 0 aliphatic heterocycles. The first-order chi connectivity index (χ1) is 13.4. The van der Waals surface area contributed by atoms with Crippen molar-refractivity contribution < 1.29 is 9.21 Å². The molecule has 0 fully saturated rings. The van der Waals surface area contributed by atoms with Gasteiger partial charge in [-0.25, -0.2) is 4.79 Å². The Balaban J connectivity index is 2.10. The summed E-state index contributed by atoms with van der Waals surface area (Å²) >= 11 is 0. The normalized spacial score (nSPS) is 11.2. The number of hydrogen-bond acceptors (Lipinski definition) is 5. The largest absolute Gasteiger partial charge is 0.422 e. The van der Waals surface area contributed by atoms with E-state index in [1.807, 2.05) is 33.2 Å². The van der Waals surface area contributed by atoms with Gasteiger partial charge in [0, 0.05) is 48.8 Å². The average Bonchev–Trinajstić information content (AvgIpc) is 2.65. The highest BCUT2D eigenvalue weighted by molar-refractivity contribution is 5.84. The molecule has 2 rings (SSSR count). The molecule has 1 amide bonds. The van der Waals surface area contributed by atoms with E-state index in [4.69, 9.17) is 4.42 Å². The van der Waals surface area contributed by atoms with Gasteiger partial charge in [-0.2, -0.15) is 0 Å². The van der Waals surface area contributed by atoms with E-state index in [0.29, 0.717) is 24.1 Å². The number of amides is 1. The minimum atomic E-state index is -0.345. The van der Waals surface area contributed by atoms with Crippen molar-refractivity contribution in [2.45, 2.75) is 40.0 Å². The second-order valence-electron chi connectivity index (χ2n) is 7.35. The highest BCUT2D eigenvalue weighted by Gasteiger charge is 2.14. The second-order valence-corrected chi connectivity index (χ2v) is 7.35. The summed E-state index contributed by atoms with van der Waals surface area (Å²) in [5.41, 5.74) is 2.79. The lowest BCUT2D eigenvalue weighted by molar-refractivity contribution is -0.121. The van der Waals surface area contributed by atoms with E-state index in [9.17, 15) is 9.59 Å². The number of nitrogens with one attached hydrogen (secondary N) is 1. The molecule has 0 saturated heterocycles. The SMILES string of the molecule is CCN(CC)c1ccc2c(C)c(CCC(=O)NCCCN(C)C)c(=O)oc2c1. The zero-order valence-corrected chi connectivity index (χ0v) is 17.8. The number of nitrogens with zero attached hydrogens (tertiary/aromatic N) is 2. The van der Waals surface area contributed by atoms with Gasteiger partial charge in [-0.15, -0.1) is 0 Å². The molecule has 28 heavy (non-hydrogen) atoms. The molecule has 0 spiro atoms. The molecule has 1 aromatic heterocycles. The molecular weight excluding hydrogens is 354 g/mol. The van der Waals surface area contributed by atoms with Crippen molar-refractivity contribution in [1.82, 2.24) is 10.2 Å². The van der Waals surface area contributed by atoms with Crippen LogP contribution in [0.25, 0.3) is 11.0 Å². The van der Waals surface area contributed by atoms with Crippen LogP contribution in [0, 0.1) is 6.92 Å². The predicted molar refractivity (Wildman–Crippen MR) is 115 cm³/mol. The van der Waals surface area contributed by atoms with Gasteiger partial charge >= 0.3 is 5.63 Å². The molecule has 2 aromatic rings. The fraction of sp³-hybridized carbons (Fsp3) is 0.545. The smallest absolute Gasteiger partial charge is 0.339 e. The summed E-state index contributed by atoms with van der Waals surface area (Å²) in [5.74, 6) is -0.0328. The van der Waals surface area contributed by atoms with Crippen LogP contribution in [0.15, 0.2) is 27.4 Å². The van der Waals surface area contributed by atoms with Crippen LogP contribution in [0.1, 0.15) is 37.8 Å². The number of hydrogen-bond donors (Lipinski definition) is 1. The van der Waals surface area contributed by atoms with Crippen molar-refractivity contribution in [2.24, 2.45) is 0 Å². The third-order valence-corrected chi connectivity index (χ3v) is 5.11. The summed E-state index contributed by atoms with van der Waals surface area (Å²) in [6.07, 6.45) is 1.59. The van der Waals surface area contributed by atoms with Gasteiger partial charge in [-0.3, -0.25) is 4.79 Å². The number of benzene rings is 1. The van der Waals surface area contributed by atoms with Crippen molar-refractivity contribution in [2.75, 3.05) is 45.2 Å². The summed E-state index contributed by atoms with van der Waals surface area (Å²) in [7, 11) is 4.02. The van der Waals surface area contributed by atoms with Gasteiger partial charge in [0.05, 0.1) is 0 Å². The summed E-state index contributed by atoms with van der Waals surface area (Å²) in [6.45, 7) is 9.51. The summed E-state index contributed by atoms with van der Waals surface area (Å²) in [5, 5.41) is 3.84. The zero-order chi connectivity index (χ0) is 20.7. The van der Waals surface area contributed by atoms with E-state index < -0.39 is 0 Å². The molecule has 6 heteroatoms. The molecule has 0 radical (unpaired) electrons. The first kappa shape index (κ1) is 22.0. The Morgan fingerprint density at radius 3 is 2.54 bits per heavy atom. The second kappa shape index (κ2) is 10.3. The van der Waals surface area contributed by atoms with Crippen LogP contribution in [0.4, 0.5) is 5.69 Å². The molecular formula is C22H33N3O3. The number of aryl methyl sites for hydroxylation is 1. The Hall–Kier alpha value is -2.34. The fourth-order valence-corrected chi connectivity index (χ4v) is 3.41. The summed E-state index contributed by atoms with van der Waals surface area (Å²) in [4.78, 5) is 28.9. The minimum Gasteiger partial charge on any atom is -0.422 e. The number of carbonyl (C=O) groups excluding carboxylic acids is 1. The van der Waals surface area contributed by atoms with E-state index in [1.54, 1.807) is 0 Å². The molecule has 154 valence electrons. The molecule has 1 N–H and O–H groups in total. The molecule has 0 aliphatic carbocycles. The number of carbonyl (C=O) groups is 1. The number of anilines is 1. The minimum absolute atomic E-state index is 0.0328. The van der Waals surface area contributed by atoms with Gasteiger partial charge in [0.1, 0.15) is 5.58 Å². The van der Waals surface area contributed by atoms with E-state index >= 15 is 0 Å². The van der Waals surface area contributed by atoms with Crippen LogP contribution < -0.4 is 15.8 Å². The Labute approximate surface area is 167 Å². The van der Waals surface area contributed by atoms with Crippen LogP contribution in [0.5, 0.6) is 0 Å². The van der Waals surface area contributed by atoms with E-state index in [2.05, 4.69) is 35.0 Å². The topological polar surface area (TPSA) is 65.8 Å². The Bertz CT molecular complexity index is 854. The van der Waals surface area contributed by atoms with Crippen LogP contribution in [0.3, 0.4) is 0 Å². The van der Waals surface area contributed by atoms with Gasteiger partial charge in [0.25, 0.3) is 0 Å². The molecule has 6 nitrogen and oxygen atoms in total. The standard InChI is InChI=1S/C22H33N3O3/c1-6-25(7-2)17-9-10-18-16(3)19(22(27)28-20(18)15-17)11-12-21(26)23-13-8-14-24(4)5/h9-10,15H,6-8,11-14H2,1-5H3,(H,23,26). The van der Waals surface area contributed by atoms with Gasteiger partial charge in [0.15, 0.2) is 0 Å². The summed E-state index contributed by atoms with van der Waals surface area (Å²) in [6, 6.07) is 5.99. The Morgan fingerprint density at radius 1 is 1.18 bits per heavy atom. The zero-order valence-electron chi connectivity index (χ0n) is 17.8. The maximum atomic E-state index is 12.5. The van der Waals surface area contributed by atoms with Crippen molar-refractivity contribution in [1.29, 1.82) is 0 Å². The average molecular weight is 388 g/mol. The number of fused-ring (bicyclic) bond motifs is 1. The van der Waals surface area contributed by atoms with Crippen molar-refractivity contribution in [3.63, 3.8) is 0 Å². The highest BCUT2D eigenvalue weighted by atomic mass is 16.4. The molecule has 1 heterocycles. The molecule has 0 aliphatic rings. The van der Waals surface area contributed by atoms with Gasteiger partial charge in [0.2, 0.25) is 5.91 Å². The number of rotatable bonds is 10. The molecule has 0 atom stereocenters. The fourth-order valence-electron chi connectivity index (χ4n) is 3.41. The van der Waals surface area contributed by atoms with E-state index in [-0.39, 0.29) is 18.0 Å². The molecule has 0 saturated carbocycles. The van der Waals surface area contributed by atoms with Crippen molar-refractivity contribution >= 4 is 22.6 Å². The van der Waals surface area contributed by atoms with Crippen LogP contribution >= 0.6 is 0 Å². The maximum absolute atomic E-state index is 12.5. The first-order valence-corrected chi connectivity index (χ1v) is 10.1. The molecule has 1 aromatic carbocycles. The van der Waals surface area contributed by atoms with Crippen LogP contribution in [-0.4, -0.2) is 51.1 Å². The Kier molecular flexibility index (Phi) is 8.05. The third kappa shape index (κ3) is 5.58. The first-order valence-electron chi connectivity index (χ1n) is 10.1. The van der Waals surface area contributed by atoms with E-state index in [1.165, 1.54) is 0 Å². The Morgan fingerprint density at radius 2 is 1.89 bits per heavy atom. The molecule has 0 bridgehead atoms. The van der Waals surface area contributed by atoms with Crippen LogP contribution in [0.2, 0.25) is 0 Å². The third-order valence-electron chi connectivity index (χ3n) is 5.11. The van der Waals surface area contributed by atoms with E-state index in [0.717, 1.165) is 42.7 Å². The molecule has 0 unspecified atom stereocenters. The maximum Gasteiger partial charge on any atom is 0.339 e. The predicted octanol–water partition coefficient (Wildman–Crippen LogP) is 2.95. The van der Waals surface area contributed by atoms with Crippen LogP contribution in [-0.2, 0) is 11.2 Å². The van der Waals surface area contributed by atoms with Crippen molar-refractivity contribution in [3.05, 3.63) is 39.7 Å². The summed E-state index contributed by atoms with van der Waals surface area (Å²) < 4.78 is 5.59. The van der Waals surface area contributed by atoms with Crippen molar-refractivity contribution in [3.8, 4) is 0 Å².